The molecule has 11 heteroatoms. The molecule has 0 saturated heterocycles. The van der Waals surface area contributed by atoms with Gasteiger partial charge in [-0.05, 0) is 61.8 Å². The molecule has 0 aliphatic heterocycles. The van der Waals surface area contributed by atoms with Gasteiger partial charge in [-0.1, -0.05) is 62.4 Å². The standard InChI is InChI=1S/C32H44N6O5/c1-20(2)16-28(32(42)43)38-30(40)26(14-8-9-15-33)36-31(41)27(18-22-19-35-25-13-7-6-12-23(22)25)37-29(39)24(34)17-21-10-4-3-5-11-21/h3-7,10-13,19-20,24,26-28,35H,8-9,14-18,33-34H2,1-2H3,(H,36,41)(H,37,39)(H,38,40)(H,42,43). The highest BCUT2D eigenvalue weighted by Gasteiger charge is 2.31. The third-order valence-electron chi connectivity index (χ3n) is 7.27. The monoisotopic (exact) mass is 592 g/mol. The normalized spacial score (nSPS) is 14.1. The van der Waals surface area contributed by atoms with Gasteiger partial charge in [0.25, 0.3) is 0 Å². The minimum Gasteiger partial charge on any atom is -0.480 e. The topological polar surface area (TPSA) is 192 Å². The van der Waals surface area contributed by atoms with Crippen LogP contribution in [0, 0.1) is 5.92 Å². The Morgan fingerprint density at radius 1 is 0.814 bits per heavy atom. The van der Waals surface area contributed by atoms with Crippen LogP contribution < -0.4 is 27.4 Å². The van der Waals surface area contributed by atoms with Crippen LogP contribution in [0.5, 0.6) is 0 Å². The van der Waals surface area contributed by atoms with Crippen LogP contribution in [0.2, 0.25) is 0 Å². The Bertz CT molecular complexity index is 1360. The Balaban J connectivity index is 1.83. The first-order chi connectivity index (χ1) is 20.6. The predicted molar refractivity (Wildman–Crippen MR) is 166 cm³/mol. The number of amides is 3. The maximum absolute atomic E-state index is 13.8. The molecular formula is C32H44N6O5. The molecule has 9 N–H and O–H groups in total. The van der Waals surface area contributed by atoms with Crippen molar-refractivity contribution in [1.82, 2.24) is 20.9 Å². The van der Waals surface area contributed by atoms with Crippen molar-refractivity contribution in [3.8, 4) is 0 Å². The third kappa shape index (κ3) is 10.2. The number of carbonyl (C=O) groups excluding carboxylic acids is 3. The van der Waals surface area contributed by atoms with Gasteiger partial charge < -0.3 is 37.5 Å². The number of carboxylic acids is 1. The number of unbranched alkanes of at least 4 members (excludes halogenated alkanes) is 1. The van der Waals surface area contributed by atoms with Crippen LogP contribution in [0.15, 0.2) is 60.8 Å². The maximum atomic E-state index is 13.8. The average molecular weight is 593 g/mol. The average Bonchev–Trinajstić information content (AvgIpc) is 3.38. The van der Waals surface area contributed by atoms with E-state index in [0.29, 0.717) is 19.4 Å². The van der Waals surface area contributed by atoms with Crippen molar-refractivity contribution in [2.75, 3.05) is 6.54 Å². The Morgan fingerprint density at radius 3 is 2.12 bits per heavy atom. The summed E-state index contributed by atoms with van der Waals surface area (Å²) in [5.41, 5.74) is 14.5. The first-order valence-electron chi connectivity index (χ1n) is 14.8. The molecule has 0 bridgehead atoms. The number of hydrogen-bond acceptors (Lipinski definition) is 6. The molecule has 0 saturated carbocycles. The molecule has 1 aromatic heterocycles. The Labute approximate surface area is 252 Å². The van der Waals surface area contributed by atoms with Crippen molar-refractivity contribution in [2.45, 2.75) is 76.5 Å². The molecule has 232 valence electrons. The van der Waals surface area contributed by atoms with Gasteiger partial charge in [-0.3, -0.25) is 14.4 Å². The molecule has 43 heavy (non-hydrogen) atoms. The minimum absolute atomic E-state index is 0.0301. The number of fused-ring (bicyclic) bond motifs is 1. The number of carboxylic acid groups (broad SMARTS) is 1. The third-order valence-corrected chi connectivity index (χ3v) is 7.27. The van der Waals surface area contributed by atoms with Crippen LogP contribution in [-0.2, 0) is 32.0 Å². The number of carbonyl (C=O) groups is 4. The van der Waals surface area contributed by atoms with Crippen molar-refractivity contribution < 1.29 is 24.3 Å². The molecule has 3 rings (SSSR count). The van der Waals surface area contributed by atoms with Crippen LogP contribution in [0.1, 0.15) is 50.7 Å². The summed E-state index contributed by atoms with van der Waals surface area (Å²) in [6.45, 7) is 4.14. The molecule has 3 amide bonds. The number of nitrogens with one attached hydrogen (secondary N) is 4. The smallest absolute Gasteiger partial charge is 0.326 e. The molecule has 4 unspecified atom stereocenters. The van der Waals surface area contributed by atoms with E-state index in [2.05, 4.69) is 20.9 Å². The summed E-state index contributed by atoms with van der Waals surface area (Å²) in [6.07, 6.45) is 3.87. The van der Waals surface area contributed by atoms with Crippen LogP contribution in [0.4, 0.5) is 0 Å². The van der Waals surface area contributed by atoms with Gasteiger partial charge in [0, 0.05) is 23.5 Å². The number of para-hydroxylation sites is 1. The van der Waals surface area contributed by atoms with E-state index in [1.54, 1.807) is 6.20 Å². The second-order valence-corrected chi connectivity index (χ2v) is 11.3. The van der Waals surface area contributed by atoms with Crippen molar-refractivity contribution in [2.24, 2.45) is 17.4 Å². The second kappa shape index (κ2) is 16.4. The Kier molecular flexibility index (Phi) is 12.7. The lowest BCUT2D eigenvalue weighted by atomic mass is 10.0. The summed E-state index contributed by atoms with van der Waals surface area (Å²) in [7, 11) is 0. The first kappa shape index (κ1) is 33.3. The lowest BCUT2D eigenvalue weighted by Gasteiger charge is -2.26. The first-order valence-corrected chi connectivity index (χ1v) is 14.8. The number of aliphatic carboxylic acids is 1. The molecule has 11 nitrogen and oxygen atoms in total. The lowest BCUT2D eigenvalue weighted by molar-refractivity contribution is -0.142. The molecule has 1 heterocycles. The van der Waals surface area contributed by atoms with Crippen molar-refractivity contribution in [3.05, 3.63) is 71.9 Å². The van der Waals surface area contributed by atoms with Gasteiger partial charge in [-0.25, -0.2) is 4.79 Å². The SMILES string of the molecule is CC(C)CC(NC(=O)C(CCCCN)NC(=O)C(Cc1c[nH]c2ccccc12)NC(=O)C(N)Cc1ccccc1)C(=O)O. The van der Waals surface area contributed by atoms with Gasteiger partial charge in [-0.15, -0.1) is 0 Å². The second-order valence-electron chi connectivity index (χ2n) is 11.3. The van der Waals surface area contributed by atoms with E-state index < -0.39 is 47.9 Å². The molecule has 0 aliphatic rings. The fourth-order valence-electron chi connectivity index (χ4n) is 4.97. The van der Waals surface area contributed by atoms with E-state index >= 15 is 0 Å². The molecule has 0 spiro atoms. The maximum Gasteiger partial charge on any atom is 0.326 e. The molecule has 3 aromatic rings. The number of nitrogens with two attached hydrogens (primary N) is 2. The quantitative estimate of drug-likeness (QED) is 0.117. The van der Waals surface area contributed by atoms with Gasteiger partial charge in [0.15, 0.2) is 0 Å². The highest BCUT2D eigenvalue weighted by atomic mass is 16.4. The van der Waals surface area contributed by atoms with Crippen molar-refractivity contribution in [3.63, 3.8) is 0 Å². The Morgan fingerprint density at radius 2 is 1.44 bits per heavy atom. The zero-order chi connectivity index (χ0) is 31.4. The fraction of sp³-hybridized carbons (Fsp3) is 0.438. The molecule has 0 radical (unpaired) electrons. The summed E-state index contributed by atoms with van der Waals surface area (Å²) < 4.78 is 0. The van der Waals surface area contributed by atoms with Gasteiger partial charge in [-0.2, -0.15) is 0 Å². The van der Waals surface area contributed by atoms with E-state index in [9.17, 15) is 24.3 Å². The van der Waals surface area contributed by atoms with E-state index in [1.807, 2.05) is 68.4 Å². The number of aromatic nitrogens is 1. The summed E-state index contributed by atoms with van der Waals surface area (Å²) >= 11 is 0. The molecule has 4 atom stereocenters. The van der Waals surface area contributed by atoms with E-state index in [4.69, 9.17) is 11.5 Å². The number of aromatic amines is 1. The summed E-state index contributed by atoms with van der Waals surface area (Å²) in [5, 5.41) is 18.7. The number of benzene rings is 2. The molecular weight excluding hydrogens is 548 g/mol. The Hall–Kier alpha value is -4.22. The zero-order valence-corrected chi connectivity index (χ0v) is 24.8. The van der Waals surface area contributed by atoms with Crippen molar-refractivity contribution >= 4 is 34.6 Å². The number of H-pyrrole nitrogens is 1. The number of rotatable bonds is 17. The van der Waals surface area contributed by atoms with E-state index in [0.717, 1.165) is 22.0 Å². The largest absolute Gasteiger partial charge is 0.480 e. The zero-order valence-electron chi connectivity index (χ0n) is 24.8. The summed E-state index contributed by atoms with van der Waals surface area (Å²) in [4.78, 5) is 55.3. The van der Waals surface area contributed by atoms with Crippen molar-refractivity contribution in [1.29, 1.82) is 0 Å². The molecule has 0 fully saturated rings. The summed E-state index contributed by atoms with van der Waals surface area (Å²) in [6, 6.07) is 12.9. The minimum atomic E-state index is -1.15. The van der Waals surface area contributed by atoms with Crippen LogP contribution in [-0.4, -0.2) is 64.5 Å². The lowest BCUT2D eigenvalue weighted by Crippen LogP contribution is -2.57. The predicted octanol–water partition coefficient (Wildman–Crippen LogP) is 1.99. The van der Waals surface area contributed by atoms with Crippen LogP contribution >= 0.6 is 0 Å². The molecule has 0 aliphatic carbocycles. The van der Waals surface area contributed by atoms with Gasteiger partial charge >= 0.3 is 5.97 Å². The number of hydrogen-bond donors (Lipinski definition) is 7. The van der Waals surface area contributed by atoms with Gasteiger partial charge in [0.05, 0.1) is 6.04 Å². The fourth-order valence-corrected chi connectivity index (χ4v) is 4.97. The van der Waals surface area contributed by atoms with Crippen LogP contribution in [0.3, 0.4) is 0 Å². The highest BCUT2D eigenvalue weighted by molar-refractivity contribution is 5.95. The van der Waals surface area contributed by atoms with E-state index in [1.165, 1.54) is 0 Å². The van der Waals surface area contributed by atoms with E-state index in [-0.39, 0.29) is 31.6 Å². The van der Waals surface area contributed by atoms with Gasteiger partial charge in [0.2, 0.25) is 17.7 Å². The summed E-state index contributed by atoms with van der Waals surface area (Å²) in [5.74, 6) is -2.80. The van der Waals surface area contributed by atoms with Crippen LogP contribution in [0.25, 0.3) is 10.9 Å². The molecule has 2 aromatic carbocycles. The van der Waals surface area contributed by atoms with Gasteiger partial charge in [0.1, 0.15) is 18.1 Å². The highest BCUT2D eigenvalue weighted by Crippen LogP contribution is 2.19.